The quantitative estimate of drug-likeness (QED) is 0.130. The number of fused-ring (bicyclic) bond motifs is 4. The third kappa shape index (κ3) is 8.76. The Morgan fingerprint density at radius 3 is 1.42 bits per heavy atom. The molecule has 0 atom stereocenters. The van der Waals surface area contributed by atoms with Gasteiger partial charge in [0.15, 0.2) is 0 Å². The molecule has 0 fully saturated rings. The van der Waals surface area contributed by atoms with E-state index in [0.29, 0.717) is 0 Å². The van der Waals surface area contributed by atoms with Crippen LogP contribution in [0.3, 0.4) is 0 Å². The summed E-state index contributed by atoms with van der Waals surface area (Å²) < 4.78 is 0. The van der Waals surface area contributed by atoms with Gasteiger partial charge in [0, 0.05) is 39.4 Å². The van der Waals surface area contributed by atoms with E-state index in [1.165, 1.54) is 122 Å². The average molecular weight is 989 g/mol. The highest BCUT2D eigenvalue weighted by molar-refractivity contribution is 7.00. The minimum atomic E-state index is -0.180. The van der Waals surface area contributed by atoms with Crippen LogP contribution in [0, 0.1) is 0 Å². The second kappa shape index (κ2) is 20.0. The van der Waals surface area contributed by atoms with Gasteiger partial charge in [0.05, 0.1) is 5.69 Å². The van der Waals surface area contributed by atoms with Gasteiger partial charge in [-0.15, -0.1) is 0 Å². The molecule has 0 saturated carbocycles. The Hall–Kier alpha value is -8.92. The van der Waals surface area contributed by atoms with E-state index in [1.807, 2.05) is 0 Å². The van der Waals surface area contributed by atoms with Crippen LogP contribution < -0.4 is 26.6 Å². The first-order chi connectivity index (χ1) is 37.8. The van der Waals surface area contributed by atoms with E-state index in [4.69, 9.17) is 0 Å². The van der Waals surface area contributed by atoms with Gasteiger partial charge in [0.25, 0.3) is 6.71 Å². The van der Waals surface area contributed by atoms with Crippen LogP contribution in [0.2, 0.25) is 0 Å². The lowest BCUT2D eigenvalue weighted by molar-refractivity contribution is 0.591. The summed E-state index contributed by atoms with van der Waals surface area (Å²) in [4.78, 5) is 2.65. The van der Waals surface area contributed by atoms with Crippen molar-refractivity contribution in [3.8, 4) is 77.9 Å². The van der Waals surface area contributed by atoms with Crippen molar-refractivity contribution in [2.75, 3.05) is 10.2 Å². The molecule has 11 aromatic rings. The first kappa shape index (κ1) is 47.8. The van der Waals surface area contributed by atoms with Crippen LogP contribution in [0.15, 0.2) is 255 Å². The number of benzene rings is 11. The van der Waals surface area contributed by atoms with Crippen molar-refractivity contribution >= 4 is 51.5 Å². The number of aryl methyl sites for hydroxylation is 1. The average Bonchev–Trinajstić information content (AvgIpc) is 3.61. The Kier molecular flexibility index (Phi) is 12.4. The third-order valence-electron chi connectivity index (χ3n) is 16.0. The topological polar surface area (TPSA) is 15.3 Å². The first-order valence-corrected chi connectivity index (χ1v) is 27.5. The SMILES string of the molecule is CCCCc1cccc(-c2ccccc2)c1-c1cc(-c2ccccc2)cc2c1Nc1cc(C(C)(C)C)cc3c1B2c1cc(-c2ccccc2)ccc1N3c1c(-c2ccccc2)cc(-c2ccccc2)cc1-c1ccccc1. The van der Waals surface area contributed by atoms with Crippen molar-refractivity contribution in [2.45, 2.75) is 52.4 Å². The predicted molar refractivity (Wildman–Crippen MR) is 331 cm³/mol. The van der Waals surface area contributed by atoms with E-state index in [2.05, 4.69) is 293 Å². The van der Waals surface area contributed by atoms with Crippen molar-refractivity contribution < 1.29 is 0 Å². The van der Waals surface area contributed by atoms with Crippen LogP contribution in [0.1, 0.15) is 51.7 Å². The standard InChI is InChI=1S/C74H61BN2/c1-5-6-26-56-39-25-40-61(53-33-19-10-20-34-53)70(56)64-45-59(52-31-17-9-18-32-52)47-66-72(64)76-67-48-60(74(2,3)4)49-69-71(67)75(66)65-46-57(50-27-13-7-14-28-50)41-42-68(65)77(69)73-62(54-35-21-11-22-36-54)43-58(51-29-15-8-16-30-51)44-63(73)55-37-23-12-24-38-55/h7-25,27-49,76H,5-6,26H2,1-4H3. The van der Waals surface area contributed by atoms with Crippen LogP contribution >= 0.6 is 0 Å². The fourth-order valence-electron chi connectivity index (χ4n) is 12.2. The van der Waals surface area contributed by atoms with Gasteiger partial charge >= 0.3 is 0 Å². The smallest absolute Gasteiger partial charge is 0.252 e. The zero-order chi connectivity index (χ0) is 52.0. The maximum Gasteiger partial charge on any atom is 0.252 e. The highest BCUT2D eigenvalue weighted by atomic mass is 15.2. The van der Waals surface area contributed by atoms with Gasteiger partial charge in [0.1, 0.15) is 0 Å². The molecule has 0 aromatic heterocycles. The molecule has 2 aliphatic rings. The minimum absolute atomic E-state index is 0.130. The summed E-state index contributed by atoms with van der Waals surface area (Å²) in [5, 5.41) is 4.35. The molecular weight excluding hydrogens is 928 g/mol. The Morgan fingerprint density at radius 1 is 0.403 bits per heavy atom. The molecule has 3 heteroatoms. The van der Waals surface area contributed by atoms with Crippen molar-refractivity contribution in [3.63, 3.8) is 0 Å². The van der Waals surface area contributed by atoms with Crippen LogP contribution in [-0.4, -0.2) is 6.71 Å². The molecule has 2 heterocycles. The Bertz CT molecular complexity index is 3880. The van der Waals surface area contributed by atoms with Crippen molar-refractivity contribution in [1.29, 1.82) is 0 Å². The first-order valence-electron chi connectivity index (χ1n) is 27.5. The fourth-order valence-corrected chi connectivity index (χ4v) is 12.2. The molecule has 0 spiro atoms. The zero-order valence-corrected chi connectivity index (χ0v) is 44.4. The number of unbranched alkanes of at least 4 members (excludes halogenated alkanes) is 1. The van der Waals surface area contributed by atoms with Gasteiger partial charge < -0.3 is 10.2 Å². The molecule has 11 aromatic carbocycles. The summed E-state index contributed by atoms with van der Waals surface area (Å²) in [6.07, 6.45) is 3.22. The lowest BCUT2D eigenvalue weighted by Crippen LogP contribution is -2.60. The molecule has 0 bridgehead atoms. The summed E-state index contributed by atoms with van der Waals surface area (Å²) in [5.41, 5.74) is 29.0. The van der Waals surface area contributed by atoms with Crippen LogP contribution in [-0.2, 0) is 11.8 Å². The molecule has 0 amide bonds. The largest absolute Gasteiger partial charge is 0.356 e. The van der Waals surface area contributed by atoms with Gasteiger partial charge in [-0.2, -0.15) is 0 Å². The van der Waals surface area contributed by atoms with E-state index in [9.17, 15) is 0 Å². The maximum atomic E-state index is 4.35. The zero-order valence-electron chi connectivity index (χ0n) is 44.4. The van der Waals surface area contributed by atoms with E-state index < -0.39 is 0 Å². The molecule has 2 nitrogen and oxygen atoms in total. The predicted octanol–water partition coefficient (Wildman–Crippen LogP) is 18.4. The minimum Gasteiger partial charge on any atom is -0.356 e. The molecule has 0 aliphatic carbocycles. The number of hydrogen-bond donors (Lipinski definition) is 1. The number of anilines is 5. The number of nitrogens with zero attached hydrogens (tertiary/aromatic N) is 1. The number of rotatable bonds is 11. The Morgan fingerprint density at radius 2 is 0.883 bits per heavy atom. The Balaban J connectivity index is 1.17. The Labute approximate surface area is 455 Å². The lowest BCUT2D eigenvalue weighted by Gasteiger charge is -2.43. The fraction of sp³-hybridized carbons (Fsp3) is 0.108. The molecule has 77 heavy (non-hydrogen) atoms. The second-order valence-corrected chi connectivity index (χ2v) is 21.9. The molecule has 1 N–H and O–H groups in total. The molecule has 0 saturated heterocycles. The van der Waals surface area contributed by atoms with Gasteiger partial charge in [-0.3, -0.25) is 0 Å². The molecule has 0 radical (unpaired) electrons. The van der Waals surface area contributed by atoms with E-state index in [1.54, 1.807) is 0 Å². The molecule has 370 valence electrons. The van der Waals surface area contributed by atoms with Crippen LogP contribution in [0.4, 0.5) is 28.4 Å². The van der Waals surface area contributed by atoms with Gasteiger partial charge in [-0.1, -0.05) is 253 Å². The third-order valence-corrected chi connectivity index (χ3v) is 16.0. The normalized spacial score (nSPS) is 12.4. The van der Waals surface area contributed by atoms with E-state index in [0.717, 1.165) is 30.6 Å². The number of nitrogens with one attached hydrogen (secondary N) is 1. The summed E-state index contributed by atoms with van der Waals surface area (Å²) in [6, 6.07) is 95.1. The highest BCUT2D eigenvalue weighted by Gasteiger charge is 2.44. The molecule has 2 aliphatic heterocycles. The van der Waals surface area contributed by atoms with E-state index >= 15 is 0 Å². The highest BCUT2D eigenvalue weighted by Crippen LogP contribution is 2.52. The monoisotopic (exact) mass is 988 g/mol. The summed E-state index contributed by atoms with van der Waals surface area (Å²) in [5.74, 6) is 0. The lowest BCUT2D eigenvalue weighted by atomic mass is 9.33. The second-order valence-electron chi connectivity index (χ2n) is 21.9. The number of hydrogen-bond acceptors (Lipinski definition) is 2. The van der Waals surface area contributed by atoms with Crippen LogP contribution in [0.5, 0.6) is 0 Å². The van der Waals surface area contributed by atoms with Gasteiger partial charge in [-0.05, 0) is 143 Å². The van der Waals surface area contributed by atoms with Crippen molar-refractivity contribution in [1.82, 2.24) is 0 Å². The molecule has 0 unspecified atom stereocenters. The maximum absolute atomic E-state index is 4.35. The molecular formula is C74H61BN2. The molecule has 13 rings (SSSR count). The van der Waals surface area contributed by atoms with E-state index in [-0.39, 0.29) is 12.1 Å². The summed E-state index contributed by atoms with van der Waals surface area (Å²) >= 11 is 0. The van der Waals surface area contributed by atoms with Crippen LogP contribution in [0.25, 0.3) is 77.9 Å². The summed E-state index contributed by atoms with van der Waals surface area (Å²) in [6.45, 7) is 9.25. The van der Waals surface area contributed by atoms with Gasteiger partial charge in [0.2, 0.25) is 0 Å². The summed E-state index contributed by atoms with van der Waals surface area (Å²) in [7, 11) is 0. The van der Waals surface area contributed by atoms with Gasteiger partial charge in [-0.25, -0.2) is 0 Å². The van der Waals surface area contributed by atoms with Crippen molar-refractivity contribution in [2.24, 2.45) is 0 Å². The van der Waals surface area contributed by atoms with Crippen molar-refractivity contribution in [3.05, 3.63) is 266 Å².